The summed E-state index contributed by atoms with van der Waals surface area (Å²) in [6, 6.07) is 0. The number of allylic oxidation sites excluding steroid dienone is 16. The van der Waals surface area contributed by atoms with Gasteiger partial charge < -0.3 is 14.6 Å². The SMILES string of the molecule is CC/C=C\C/C=C\C/C=C\C/C=C\C/C=C\C/C=C\CCCCCCCCCCC(=O)OC(CO)COC(=O)CCCCCCCCCCCCCCCCCCCCC/C=C\C/C=C\CCCCCCC. The molecule has 0 rings (SSSR count). The first-order valence-corrected chi connectivity index (χ1v) is 30.8. The van der Waals surface area contributed by atoms with Crippen molar-refractivity contribution in [2.75, 3.05) is 13.2 Å². The van der Waals surface area contributed by atoms with E-state index < -0.39 is 6.10 Å². The smallest absolute Gasteiger partial charge is 0.306 e. The van der Waals surface area contributed by atoms with Crippen molar-refractivity contribution < 1.29 is 24.2 Å². The zero-order valence-electron chi connectivity index (χ0n) is 47.4. The van der Waals surface area contributed by atoms with E-state index in [0.717, 1.165) is 89.9 Å². The summed E-state index contributed by atoms with van der Waals surface area (Å²) >= 11 is 0. The normalized spacial score (nSPS) is 12.9. The Morgan fingerprint density at radius 1 is 0.333 bits per heavy atom. The standard InChI is InChI=1S/C67H116O5/c1-3-5-7-9-11-13-15-17-19-21-23-25-27-29-31-32-33-34-36-37-39-41-43-45-47-49-51-53-55-57-59-61-66(69)71-64-65(63-68)72-67(70)62-60-58-56-54-52-50-48-46-44-42-40-38-35-30-28-26-24-22-20-18-16-14-12-10-8-6-4-2/h6,8,12,14-15,17-18,20-21,23-24,26,30,35,40,42,65,68H,3-5,7,9-11,13,16,19,22,25,27-29,31-34,36-39,41,43-64H2,1-2H3/b8-6-,14-12-,17-15-,20-18-,23-21-,26-24-,35-30-,42-40-. The molecule has 72 heavy (non-hydrogen) atoms. The van der Waals surface area contributed by atoms with Crippen LogP contribution in [0.5, 0.6) is 0 Å². The van der Waals surface area contributed by atoms with Crippen molar-refractivity contribution >= 4 is 11.9 Å². The molecule has 0 spiro atoms. The van der Waals surface area contributed by atoms with E-state index in [1.165, 1.54) is 180 Å². The van der Waals surface area contributed by atoms with Crippen LogP contribution < -0.4 is 0 Å². The van der Waals surface area contributed by atoms with Crippen molar-refractivity contribution in [3.8, 4) is 0 Å². The average Bonchev–Trinajstić information content (AvgIpc) is 3.38. The Bertz CT molecular complexity index is 1360. The lowest BCUT2D eigenvalue weighted by Crippen LogP contribution is -2.28. The van der Waals surface area contributed by atoms with Crippen LogP contribution in [0, 0.1) is 0 Å². The molecule has 0 aromatic rings. The maximum absolute atomic E-state index is 12.3. The second-order valence-electron chi connectivity index (χ2n) is 20.4. The number of aliphatic hydroxyl groups is 1. The number of esters is 2. The number of carbonyl (C=O) groups is 2. The van der Waals surface area contributed by atoms with Gasteiger partial charge in [-0.05, 0) is 96.3 Å². The first kappa shape index (κ1) is 68.8. The van der Waals surface area contributed by atoms with Crippen molar-refractivity contribution in [3.05, 3.63) is 97.2 Å². The van der Waals surface area contributed by atoms with E-state index in [-0.39, 0.29) is 25.2 Å². The van der Waals surface area contributed by atoms with Gasteiger partial charge in [-0.1, -0.05) is 284 Å². The van der Waals surface area contributed by atoms with Crippen LogP contribution in [-0.2, 0) is 19.1 Å². The van der Waals surface area contributed by atoms with Gasteiger partial charge in [0.05, 0.1) is 6.61 Å². The third-order valence-electron chi connectivity index (χ3n) is 13.4. The summed E-state index contributed by atoms with van der Waals surface area (Å²) in [5.74, 6) is -0.594. The van der Waals surface area contributed by atoms with Crippen molar-refractivity contribution in [1.29, 1.82) is 0 Å². The predicted octanol–water partition coefficient (Wildman–Crippen LogP) is 21.1. The molecule has 0 aromatic carbocycles. The molecule has 414 valence electrons. The van der Waals surface area contributed by atoms with Crippen LogP contribution in [0.4, 0.5) is 0 Å². The third-order valence-corrected chi connectivity index (χ3v) is 13.4. The Morgan fingerprint density at radius 3 is 0.903 bits per heavy atom. The molecule has 0 amide bonds. The molecule has 0 saturated heterocycles. The number of hydrogen-bond acceptors (Lipinski definition) is 5. The lowest BCUT2D eigenvalue weighted by atomic mass is 10.0. The van der Waals surface area contributed by atoms with E-state index in [2.05, 4.69) is 111 Å². The predicted molar refractivity (Wildman–Crippen MR) is 316 cm³/mol. The second kappa shape index (κ2) is 62.1. The third kappa shape index (κ3) is 59.4. The summed E-state index contributed by atoms with van der Waals surface area (Å²) in [4.78, 5) is 24.6. The van der Waals surface area contributed by atoms with E-state index in [9.17, 15) is 14.7 Å². The minimum absolute atomic E-state index is 0.0714. The average molecular weight is 1000 g/mol. The van der Waals surface area contributed by atoms with Crippen LogP contribution in [0.25, 0.3) is 0 Å². The van der Waals surface area contributed by atoms with Crippen LogP contribution in [0.3, 0.4) is 0 Å². The van der Waals surface area contributed by atoms with Crippen LogP contribution >= 0.6 is 0 Å². The van der Waals surface area contributed by atoms with E-state index >= 15 is 0 Å². The van der Waals surface area contributed by atoms with E-state index in [1.54, 1.807) is 0 Å². The van der Waals surface area contributed by atoms with Gasteiger partial charge >= 0.3 is 11.9 Å². The highest BCUT2D eigenvalue weighted by molar-refractivity contribution is 5.70. The fourth-order valence-corrected chi connectivity index (χ4v) is 8.77. The van der Waals surface area contributed by atoms with E-state index in [0.29, 0.717) is 12.8 Å². The summed E-state index contributed by atoms with van der Waals surface area (Å²) in [6.45, 7) is 4.03. The number of rotatable bonds is 56. The quantitative estimate of drug-likeness (QED) is 0.0373. The first-order valence-electron chi connectivity index (χ1n) is 30.8. The fraction of sp³-hybridized carbons (Fsp3) is 0.731. The van der Waals surface area contributed by atoms with E-state index in [4.69, 9.17) is 9.47 Å². The van der Waals surface area contributed by atoms with Crippen molar-refractivity contribution in [2.45, 2.75) is 302 Å². The first-order chi connectivity index (χ1) is 35.6. The molecule has 1 N–H and O–H groups in total. The van der Waals surface area contributed by atoms with Gasteiger partial charge in [0.2, 0.25) is 0 Å². The topological polar surface area (TPSA) is 72.8 Å². The number of hydrogen-bond donors (Lipinski definition) is 1. The van der Waals surface area contributed by atoms with Gasteiger partial charge in [0, 0.05) is 12.8 Å². The second-order valence-corrected chi connectivity index (χ2v) is 20.4. The Hall–Kier alpha value is -3.18. The molecule has 0 aliphatic carbocycles. The highest BCUT2D eigenvalue weighted by Crippen LogP contribution is 2.17. The number of ether oxygens (including phenoxy) is 2. The van der Waals surface area contributed by atoms with Crippen LogP contribution in [-0.4, -0.2) is 36.4 Å². The molecule has 0 radical (unpaired) electrons. The van der Waals surface area contributed by atoms with Gasteiger partial charge in [0.25, 0.3) is 0 Å². The summed E-state index contributed by atoms with van der Waals surface area (Å²) in [5.41, 5.74) is 0. The molecule has 5 heteroatoms. The summed E-state index contributed by atoms with van der Waals surface area (Å²) in [5, 5.41) is 9.67. The van der Waals surface area contributed by atoms with Gasteiger partial charge in [-0.25, -0.2) is 0 Å². The lowest BCUT2D eigenvalue weighted by Gasteiger charge is -2.15. The van der Waals surface area contributed by atoms with E-state index in [1.807, 2.05) is 0 Å². The largest absolute Gasteiger partial charge is 0.462 e. The van der Waals surface area contributed by atoms with Gasteiger partial charge in [-0.3, -0.25) is 9.59 Å². The van der Waals surface area contributed by atoms with Crippen molar-refractivity contribution in [1.82, 2.24) is 0 Å². The minimum Gasteiger partial charge on any atom is -0.462 e. The highest BCUT2D eigenvalue weighted by Gasteiger charge is 2.16. The molecule has 1 unspecified atom stereocenters. The monoisotopic (exact) mass is 1000 g/mol. The van der Waals surface area contributed by atoms with Gasteiger partial charge in [0.15, 0.2) is 6.10 Å². The van der Waals surface area contributed by atoms with Crippen molar-refractivity contribution in [2.24, 2.45) is 0 Å². The Kier molecular flexibility index (Phi) is 59.4. The number of aliphatic hydroxyl groups excluding tert-OH is 1. The van der Waals surface area contributed by atoms with Crippen LogP contribution in [0.2, 0.25) is 0 Å². The maximum atomic E-state index is 12.3. The lowest BCUT2D eigenvalue weighted by molar-refractivity contribution is -0.161. The Balaban J connectivity index is 3.49. The van der Waals surface area contributed by atoms with Crippen molar-refractivity contribution in [3.63, 3.8) is 0 Å². The number of carbonyl (C=O) groups excluding carboxylic acids is 2. The Morgan fingerprint density at radius 2 is 0.597 bits per heavy atom. The molecule has 1 atom stereocenters. The molecular weight excluding hydrogens is 885 g/mol. The molecule has 0 aromatic heterocycles. The van der Waals surface area contributed by atoms with Gasteiger partial charge in [-0.2, -0.15) is 0 Å². The molecule has 5 nitrogen and oxygen atoms in total. The fourth-order valence-electron chi connectivity index (χ4n) is 8.77. The molecule has 0 aliphatic heterocycles. The molecule has 0 aliphatic rings. The summed E-state index contributed by atoms with van der Waals surface area (Å²) in [7, 11) is 0. The van der Waals surface area contributed by atoms with Gasteiger partial charge in [-0.15, -0.1) is 0 Å². The summed E-state index contributed by atoms with van der Waals surface area (Å²) < 4.78 is 10.7. The minimum atomic E-state index is -0.782. The summed E-state index contributed by atoms with van der Waals surface area (Å²) in [6.07, 6.45) is 88.2. The number of unbranched alkanes of at least 4 members (excludes halogenated alkanes) is 32. The van der Waals surface area contributed by atoms with Crippen LogP contribution in [0.1, 0.15) is 296 Å². The highest BCUT2D eigenvalue weighted by atomic mass is 16.6. The zero-order valence-corrected chi connectivity index (χ0v) is 47.4. The molecule has 0 fully saturated rings. The molecule has 0 bridgehead atoms. The maximum Gasteiger partial charge on any atom is 0.306 e. The van der Waals surface area contributed by atoms with Crippen LogP contribution in [0.15, 0.2) is 97.2 Å². The van der Waals surface area contributed by atoms with Gasteiger partial charge in [0.1, 0.15) is 6.61 Å². The molecule has 0 heterocycles. The molecular formula is C67H116O5. The molecule has 0 saturated carbocycles. The Labute approximate surface area is 447 Å². The zero-order chi connectivity index (χ0) is 52.0.